The maximum atomic E-state index is 14.7. The van der Waals surface area contributed by atoms with E-state index in [1.54, 1.807) is 6.92 Å². The van der Waals surface area contributed by atoms with Crippen LogP contribution in [0.1, 0.15) is 30.2 Å². The van der Waals surface area contributed by atoms with Gasteiger partial charge in [-0.05, 0) is 49.2 Å². The molecule has 3 rings (SSSR count). The van der Waals surface area contributed by atoms with Crippen LogP contribution in [0.25, 0.3) is 11.9 Å². The van der Waals surface area contributed by atoms with E-state index in [9.17, 15) is 13.6 Å². The van der Waals surface area contributed by atoms with Crippen LogP contribution in [0.3, 0.4) is 0 Å². The number of nitrogens with two attached hydrogens (primary N) is 1. The standard InChI is InChI=1S/C20H18ClF2N3O2S/c1-20(9-17(18(27)28-2)29-19(24)26-20)13-7-11(3-5-14(13)22)8-15(23)16-6-4-12(21)10-25-16/h3-8,10,17H,9H2,1-2H3,(H2,24,26)/b15-8-. The van der Waals surface area contributed by atoms with Crippen LogP contribution in [0.2, 0.25) is 5.02 Å². The number of pyridine rings is 1. The van der Waals surface area contributed by atoms with Crippen LogP contribution < -0.4 is 5.73 Å². The molecule has 2 unspecified atom stereocenters. The van der Waals surface area contributed by atoms with E-state index in [1.807, 2.05) is 0 Å². The minimum Gasteiger partial charge on any atom is -0.468 e. The van der Waals surface area contributed by atoms with Crippen molar-refractivity contribution in [1.82, 2.24) is 4.98 Å². The Balaban J connectivity index is 1.98. The smallest absolute Gasteiger partial charge is 0.319 e. The van der Waals surface area contributed by atoms with Gasteiger partial charge in [0, 0.05) is 11.8 Å². The van der Waals surface area contributed by atoms with Crippen LogP contribution in [0.15, 0.2) is 41.5 Å². The van der Waals surface area contributed by atoms with Crippen molar-refractivity contribution in [2.24, 2.45) is 10.7 Å². The molecule has 0 amide bonds. The first kappa shape index (κ1) is 21.3. The number of thioether (sulfide) groups is 1. The lowest BCUT2D eigenvalue weighted by atomic mass is 9.86. The number of rotatable bonds is 4. The number of carbonyl (C=O) groups excluding carboxylic acids is 1. The normalized spacial score (nSPS) is 22.2. The van der Waals surface area contributed by atoms with Gasteiger partial charge < -0.3 is 10.5 Å². The van der Waals surface area contributed by atoms with Gasteiger partial charge in [0.15, 0.2) is 5.17 Å². The summed E-state index contributed by atoms with van der Waals surface area (Å²) in [6.07, 6.45) is 2.77. The van der Waals surface area contributed by atoms with Crippen LogP contribution in [0, 0.1) is 5.82 Å². The van der Waals surface area contributed by atoms with Crippen LogP contribution in [-0.2, 0) is 15.1 Å². The molecule has 0 aliphatic carbocycles. The molecular formula is C20H18ClF2N3O2S. The largest absolute Gasteiger partial charge is 0.468 e. The highest BCUT2D eigenvalue weighted by Gasteiger charge is 2.40. The average Bonchev–Trinajstić information content (AvgIpc) is 2.68. The number of halogens is 3. The van der Waals surface area contributed by atoms with E-state index in [1.165, 1.54) is 49.7 Å². The topological polar surface area (TPSA) is 77.6 Å². The number of methoxy groups -OCH3 is 1. The van der Waals surface area contributed by atoms with Crippen LogP contribution in [0.5, 0.6) is 0 Å². The third-order valence-electron chi connectivity index (χ3n) is 4.50. The van der Waals surface area contributed by atoms with E-state index >= 15 is 0 Å². The van der Waals surface area contributed by atoms with E-state index in [4.69, 9.17) is 22.1 Å². The second kappa shape index (κ2) is 8.51. The van der Waals surface area contributed by atoms with E-state index in [2.05, 4.69) is 9.98 Å². The van der Waals surface area contributed by atoms with Crippen molar-refractivity contribution in [2.45, 2.75) is 24.1 Å². The van der Waals surface area contributed by atoms with E-state index in [0.717, 1.165) is 11.8 Å². The molecule has 2 atom stereocenters. The first-order valence-electron chi connectivity index (χ1n) is 8.61. The second-order valence-electron chi connectivity index (χ2n) is 6.65. The quantitative estimate of drug-likeness (QED) is 0.710. The van der Waals surface area contributed by atoms with Gasteiger partial charge in [0.05, 0.1) is 23.4 Å². The molecule has 1 aromatic heterocycles. The maximum absolute atomic E-state index is 14.7. The predicted molar refractivity (Wildman–Crippen MR) is 112 cm³/mol. The summed E-state index contributed by atoms with van der Waals surface area (Å²) in [7, 11) is 1.28. The minimum absolute atomic E-state index is 0.105. The molecule has 1 aliphatic heterocycles. The summed E-state index contributed by atoms with van der Waals surface area (Å²) < 4.78 is 34.0. The SMILES string of the molecule is COC(=O)C1CC(C)(c2cc(/C=C(\F)c3ccc(Cl)cn3)ccc2F)N=C(N)S1. The van der Waals surface area contributed by atoms with Gasteiger partial charge in [0.25, 0.3) is 0 Å². The molecule has 2 heterocycles. The highest BCUT2D eigenvalue weighted by molar-refractivity contribution is 8.14. The zero-order chi connectivity index (χ0) is 21.2. The van der Waals surface area contributed by atoms with Gasteiger partial charge >= 0.3 is 5.97 Å². The highest BCUT2D eigenvalue weighted by atomic mass is 35.5. The Morgan fingerprint density at radius 3 is 2.83 bits per heavy atom. The summed E-state index contributed by atoms with van der Waals surface area (Å²) in [5.41, 5.74) is 5.51. The molecule has 1 aromatic carbocycles. The summed E-state index contributed by atoms with van der Waals surface area (Å²) in [6.45, 7) is 1.68. The summed E-state index contributed by atoms with van der Waals surface area (Å²) in [4.78, 5) is 20.3. The summed E-state index contributed by atoms with van der Waals surface area (Å²) in [5, 5.41) is -0.0635. The monoisotopic (exact) mass is 437 g/mol. The number of nitrogens with zero attached hydrogens (tertiary/aromatic N) is 2. The van der Waals surface area contributed by atoms with Crippen molar-refractivity contribution in [3.05, 3.63) is 64.2 Å². The summed E-state index contributed by atoms with van der Waals surface area (Å²) in [5.74, 6) is -1.59. The fraction of sp³-hybridized carbons (Fsp3) is 0.250. The molecule has 0 radical (unpaired) electrons. The first-order valence-corrected chi connectivity index (χ1v) is 9.86. The number of hydrogen-bond donors (Lipinski definition) is 1. The van der Waals surface area contributed by atoms with Crippen molar-refractivity contribution in [3.8, 4) is 0 Å². The van der Waals surface area contributed by atoms with Gasteiger partial charge in [0.2, 0.25) is 0 Å². The van der Waals surface area contributed by atoms with Crippen molar-refractivity contribution < 1.29 is 18.3 Å². The van der Waals surface area contributed by atoms with Gasteiger partial charge in [-0.25, -0.2) is 8.78 Å². The lowest BCUT2D eigenvalue weighted by Gasteiger charge is -2.33. The number of esters is 1. The molecule has 0 saturated heterocycles. The lowest BCUT2D eigenvalue weighted by molar-refractivity contribution is -0.140. The van der Waals surface area contributed by atoms with E-state index in [-0.39, 0.29) is 22.8 Å². The molecule has 0 bridgehead atoms. The molecule has 152 valence electrons. The molecule has 1 aliphatic rings. The molecule has 0 fully saturated rings. The Labute approximate surface area is 176 Å². The molecule has 2 aromatic rings. The Kier molecular flexibility index (Phi) is 6.24. The Morgan fingerprint density at radius 1 is 1.41 bits per heavy atom. The van der Waals surface area contributed by atoms with Crippen molar-refractivity contribution in [2.75, 3.05) is 7.11 Å². The van der Waals surface area contributed by atoms with E-state index in [0.29, 0.717) is 10.6 Å². The Bertz CT molecular complexity index is 998. The lowest BCUT2D eigenvalue weighted by Crippen LogP contribution is -2.38. The molecule has 29 heavy (non-hydrogen) atoms. The molecule has 2 N–H and O–H groups in total. The number of benzene rings is 1. The number of carbonyl (C=O) groups is 1. The predicted octanol–water partition coefficient (Wildman–Crippen LogP) is 4.55. The highest BCUT2D eigenvalue weighted by Crippen LogP contribution is 2.40. The van der Waals surface area contributed by atoms with Crippen molar-refractivity contribution in [1.29, 1.82) is 0 Å². The first-order chi connectivity index (χ1) is 13.7. The van der Waals surface area contributed by atoms with Crippen molar-refractivity contribution in [3.63, 3.8) is 0 Å². The Hall–Kier alpha value is -2.45. The van der Waals surface area contributed by atoms with Crippen LogP contribution in [-0.4, -0.2) is 28.5 Å². The average molecular weight is 438 g/mol. The number of hydrogen-bond acceptors (Lipinski definition) is 6. The number of ether oxygens (including phenoxy) is 1. The van der Waals surface area contributed by atoms with Gasteiger partial charge in [0.1, 0.15) is 16.9 Å². The summed E-state index contributed by atoms with van der Waals surface area (Å²) in [6, 6.07) is 7.14. The van der Waals surface area contributed by atoms with Crippen LogP contribution in [0.4, 0.5) is 8.78 Å². The molecule has 5 nitrogen and oxygen atoms in total. The van der Waals surface area contributed by atoms with E-state index < -0.39 is 28.4 Å². The van der Waals surface area contributed by atoms with Gasteiger partial charge in [-0.1, -0.05) is 29.4 Å². The minimum atomic E-state index is -1.10. The number of amidine groups is 1. The molecule has 0 saturated carbocycles. The van der Waals surface area contributed by atoms with Crippen LogP contribution >= 0.6 is 23.4 Å². The molecule has 0 spiro atoms. The zero-order valence-electron chi connectivity index (χ0n) is 15.7. The Morgan fingerprint density at radius 2 is 2.17 bits per heavy atom. The molecule has 9 heteroatoms. The van der Waals surface area contributed by atoms with Crippen molar-refractivity contribution >= 4 is 46.4 Å². The second-order valence-corrected chi connectivity index (χ2v) is 8.31. The third-order valence-corrected chi connectivity index (χ3v) is 5.70. The fourth-order valence-corrected chi connectivity index (χ4v) is 4.34. The zero-order valence-corrected chi connectivity index (χ0v) is 17.2. The number of aromatic nitrogens is 1. The summed E-state index contributed by atoms with van der Waals surface area (Å²) >= 11 is 6.84. The maximum Gasteiger partial charge on any atom is 0.319 e. The third kappa shape index (κ3) is 4.76. The van der Waals surface area contributed by atoms with Gasteiger partial charge in [-0.3, -0.25) is 14.8 Å². The fourth-order valence-electron chi connectivity index (χ4n) is 3.08. The van der Waals surface area contributed by atoms with Gasteiger partial charge in [-0.2, -0.15) is 0 Å². The van der Waals surface area contributed by atoms with Gasteiger partial charge in [-0.15, -0.1) is 0 Å². The molecular weight excluding hydrogens is 420 g/mol. The number of aliphatic imine (C=N–C) groups is 1.